The summed E-state index contributed by atoms with van der Waals surface area (Å²) in [6.45, 7) is 0. The fourth-order valence-corrected chi connectivity index (χ4v) is 2.13. The first-order chi connectivity index (χ1) is 7.29. The monoisotopic (exact) mass is 202 g/mol. The molecule has 1 aliphatic rings. The van der Waals surface area contributed by atoms with Crippen LogP contribution < -0.4 is 0 Å². The maximum Gasteiger partial charge on any atom is 0.0831 e. The molecular formula is C14H18O. The molecule has 1 unspecified atom stereocenters. The first-order valence-corrected chi connectivity index (χ1v) is 5.73. The van der Waals surface area contributed by atoms with Crippen molar-refractivity contribution >= 4 is 0 Å². The third kappa shape index (κ3) is 2.93. The second-order valence-electron chi connectivity index (χ2n) is 4.38. The predicted octanol–water partition coefficient (Wildman–Crippen LogP) is 3.09. The summed E-state index contributed by atoms with van der Waals surface area (Å²) in [4.78, 5) is 0. The number of aliphatic hydroxyl groups is 1. The van der Waals surface area contributed by atoms with E-state index in [1.54, 1.807) is 0 Å². The molecule has 0 aliphatic heterocycles. The Morgan fingerprint density at radius 1 is 1.20 bits per heavy atom. The van der Waals surface area contributed by atoms with E-state index >= 15 is 0 Å². The first kappa shape index (κ1) is 10.4. The zero-order chi connectivity index (χ0) is 10.6. The van der Waals surface area contributed by atoms with Crippen molar-refractivity contribution in [3.63, 3.8) is 0 Å². The van der Waals surface area contributed by atoms with E-state index in [4.69, 9.17) is 0 Å². The number of hydrogen-bond donors (Lipinski definition) is 1. The van der Waals surface area contributed by atoms with Crippen LogP contribution in [0.1, 0.15) is 31.2 Å². The summed E-state index contributed by atoms with van der Waals surface area (Å²) in [6, 6.07) is 10.4. The van der Waals surface area contributed by atoms with E-state index in [9.17, 15) is 5.11 Å². The minimum absolute atomic E-state index is 0.548. The first-order valence-electron chi connectivity index (χ1n) is 5.73. The SMILES string of the molecule is OC1(CCc2ccccc2)C=CCCC1. The van der Waals surface area contributed by atoms with Crippen molar-refractivity contribution in [3.05, 3.63) is 48.0 Å². The molecule has 1 aromatic carbocycles. The number of allylic oxidation sites excluding steroid dienone is 1. The van der Waals surface area contributed by atoms with E-state index in [-0.39, 0.29) is 0 Å². The van der Waals surface area contributed by atoms with Crippen LogP contribution in [0.4, 0.5) is 0 Å². The maximum absolute atomic E-state index is 10.2. The van der Waals surface area contributed by atoms with Crippen LogP contribution in [0, 0.1) is 0 Å². The van der Waals surface area contributed by atoms with E-state index in [0.29, 0.717) is 0 Å². The summed E-state index contributed by atoms with van der Waals surface area (Å²) < 4.78 is 0. The van der Waals surface area contributed by atoms with Crippen molar-refractivity contribution < 1.29 is 5.11 Å². The van der Waals surface area contributed by atoms with Crippen molar-refractivity contribution in [1.29, 1.82) is 0 Å². The second-order valence-corrected chi connectivity index (χ2v) is 4.38. The van der Waals surface area contributed by atoms with Gasteiger partial charge in [-0.1, -0.05) is 42.5 Å². The van der Waals surface area contributed by atoms with Gasteiger partial charge < -0.3 is 5.11 Å². The molecule has 0 fully saturated rings. The molecule has 0 saturated carbocycles. The van der Waals surface area contributed by atoms with E-state index in [1.165, 1.54) is 5.56 Å². The number of hydrogen-bond acceptors (Lipinski definition) is 1. The smallest absolute Gasteiger partial charge is 0.0831 e. The van der Waals surface area contributed by atoms with Gasteiger partial charge in [-0.15, -0.1) is 0 Å². The van der Waals surface area contributed by atoms with E-state index in [1.807, 2.05) is 12.1 Å². The van der Waals surface area contributed by atoms with Crippen LogP contribution in [0.5, 0.6) is 0 Å². The van der Waals surface area contributed by atoms with Gasteiger partial charge >= 0.3 is 0 Å². The van der Waals surface area contributed by atoms with Gasteiger partial charge in [-0.2, -0.15) is 0 Å². The van der Waals surface area contributed by atoms with Crippen LogP contribution in [-0.4, -0.2) is 10.7 Å². The van der Waals surface area contributed by atoms with E-state index in [2.05, 4.69) is 30.3 Å². The Balaban J connectivity index is 1.93. The largest absolute Gasteiger partial charge is 0.386 e. The van der Waals surface area contributed by atoms with Gasteiger partial charge in [0.05, 0.1) is 5.60 Å². The average molecular weight is 202 g/mol. The summed E-state index contributed by atoms with van der Waals surface area (Å²) in [6.07, 6.45) is 9.04. The van der Waals surface area contributed by atoms with Gasteiger partial charge in [-0.25, -0.2) is 0 Å². The topological polar surface area (TPSA) is 20.2 Å². The van der Waals surface area contributed by atoms with Gasteiger partial charge in [-0.3, -0.25) is 0 Å². The van der Waals surface area contributed by atoms with Crippen LogP contribution in [0.3, 0.4) is 0 Å². The van der Waals surface area contributed by atoms with Crippen LogP contribution in [0.15, 0.2) is 42.5 Å². The Kier molecular flexibility index (Phi) is 3.22. The van der Waals surface area contributed by atoms with Crippen molar-refractivity contribution in [3.8, 4) is 0 Å². The van der Waals surface area contributed by atoms with Gasteiger partial charge in [0.15, 0.2) is 0 Å². The van der Waals surface area contributed by atoms with Gasteiger partial charge in [0.25, 0.3) is 0 Å². The molecule has 15 heavy (non-hydrogen) atoms. The Hall–Kier alpha value is -1.08. The third-order valence-electron chi connectivity index (χ3n) is 3.10. The van der Waals surface area contributed by atoms with Crippen molar-refractivity contribution in [2.24, 2.45) is 0 Å². The van der Waals surface area contributed by atoms with Gasteiger partial charge in [0.2, 0.25) is 0 Å². The van der Waals surface area contributed by atoms with Gasteiger partial charge in [0, 0.05) is 0 Å². The van der Waals surface area contributed by atoms with Crippen LogP contribution in [0.25, 0.3) is 0 Å². The highest BCUT2D eigenvalue weighted by Gasteiger charge is 2.24. The quantitative estimate of drug-likeness (QED) is 0.747. The highest BCUT2D eigenvalue weighted by atomic mass is 16.3. The molecule has 1 aliphatic carbocycles. The lowest BCUT2D eigenvalue weighted by atomic mass is 9.86. The molecule has 0 radical (unpaired) electrons. The third-order valence-corrected chi connectivity index (χ3v) is 3.10. The predicted molar refractivity (Wildman–Crippen MR) is 62.7 cm³/mol. The fraction of sp³-hybridized carbons (Fsp3) is 0.429. The molecule has 1 atom stereocenters. The lowest BCUT2D eigenvalue weighted by Gasteiger charge is -2.27. The van der Waals surface area contributed by atoms with Gasteiger partial charge in [0.1, 0.15) is 0 Å². The number of rotatable bonds is 3. The zero-order valence-corrected chi connectivity index (χ0v) is 9.02. The molecule has 1 aromatic rings. The highest BCUT2D eigenvalue weighted by molar-refractivity contribution is 5.16. The van der Waals surface area contributed by atoms with E-state index < -0.39 is 5.60 Å². The molecule has 1 N–H and O–H groups in total. The summed E-state index contributed by atoms with van der Waals surface area (Å²) >= 11 is 0. The molecule has 2 rings (SSSR count). The standard InChI is InChI=1S/C14H18O/c15-14(10-5-2-6-11-14)12-9-13-7-3-1-4-8-13/h1,3-5,7-8,10,15H,2,6,9,11-12H2. The normalized spacial score (nSPS) is 25.4. The fourth-order valence-electron chi connectivity index (χ4n) is 2.13. The molecule has 1 nitrogen and oxygen atoms in total. The molecule has 0 bridgehead atoms. The van der Waals surface area contributed by atoms with Gasteiger partial charge in [-0.05, 0) is 37.7 Å². The number of benzene rings is 1. The summed E-state index contributed by atoms with van der Waals surface area (Å²) in [5, 5.41) is 10.2. The van der Waals surface area contributed by atoms with Crippen LogP contribution >= 0.6 is 0 Å². The lowest BCUT2D eigenvalue weighted by Crippen LogP contribution is -2.28. The highest BCUT2D eigenvalue weighted by Crippen LogP contribution is 2.26. The second kappa shape index (κ2) is 4.63. The van der Waals surface area contributed by atoms with Crippen molar-refractivity contribution in [2.75, 3.05) is 0 Å². The Labute approximate surface area is 91.4 Å². The summed E-state index contributed by atoms with van der Waals surface area (Å²) in [7, 11) is 0. The minimum atomic E-state index is -0.548. The molecule has 0 heterocycles. The summed E-state index contributed by atoms with van der Waals surface area (Å²) in [5.41, 5.74) is 0.763. The Morgan fingerprint density at radius 3 is 2.67 bits per heavy atom. The van der Waals surface area contributed by atoms with Crippen LogP contribution in [-0.2, 0) is 6.42 Å². The molecule has 0 amide bonds. The molecular weight excluding hydrogens is 184 g/mol. The molecule has 1 heteroatoms. The molecule has 0 spiro atoms. The molecule has 80 valence electrons. The zero-order valence-electron chi connectivity index (χ0n) is 9.02. The van der Waals surface area contributed by atoms with E-state index in [0.717, 1.165) is 32.1 Å². The van der Waals surface area contributed by atoms with Crippen molar-refractivity contribution in [1.82, 2.24) is 0 Å². The summed E-state index contributed by atoms with van der Waals surface area (Å²) in [5.74, 6) is 0. The lowest BCUT2D eigenvalue weighted by molar-refractivity contribution is 0.0660. The Morgan fingerprint density at radius 2 is 2.00 bits per heavy atom. The van der Waals surface area contributed by atoms with Crippen LogP contribution in [0.2, 0.25) is 0 Å². The van der Waals surface area contributed by atoms with Crippen molar-refractivity contribution in [2.45, 2.75) is 37.7 Å². The average Bonchev–Trinajstić information content (AvgIpc) is 2.29. The Bertz CT molecular complexity index is 328. The molecule has 0 aromatic heterocycles. The minimum Gasteiger partial charge on any atom is -0.386 e. The molecule has 0 saturated heterocycles. The number of aryl methyl sites for hydroxylation is 1. The maximum atomic E-state index is 10.2.